The first kappa shape index (κ1) is 10.1. The molecule has 0 radical (unpaired) electrons. The molecule has 3 nitrogen and oxygen atoms in total. The summed E-state index contributed by atoms with van der Waals surface area (Å²) in [5.74, 6) is -0.776. The van der Waals surface area contributed by atoms with Crippen LogP contribution in [-0.2, 0) is 4.79 Å². The van der Waals surface area contributed by atoms with E-state index in [9.17, 15) is 4.79 Å². The number of thiol groups is 1. The van der Waals surface area contributed by atoms with Gasteiger partial charge in [-0.1, -0.05) is 10.8 Å². The number of carboxylic acid groups (broad SMARTS) is 1. The molecule has 1 atom stereocenters. The number of hydrogen-bond donors (Lipinski definition) is 3. The van der Waals surface area contributed by atoms with Crippen LogP contribution in [0.3, 0.4) is 0 Å². The lowest BCUT2D eigenvalue weighted by molar-refractivity contribution is -0.136. The fourth-order valence-corrected chi connectivity index (χ4v) is 1.47. The summed E-state index contributed by atoms with van der Waals surface area (Å²) in [6.07, 6.45) is 0.162. The van der Waals surface area contributed by atoms with Crippen molar-refractivity contribution in [2.75, 3.05) is 13.6 Å². The van der Waals surface area contributed by atoms with Crippen LogP contribution in [0.15, 0.2) is 0 Å². The van der Waals surface area contributed by atoms with Gasteiger partial charge in [0.05, 0.1) is 6.42 Å². The van der Waals surface area contributed by atoms with E-state index in [-0.39, 0.29) is 11.7 Å². The first-order chi connectivity index (χ1) is 4.70. The van der Waals surface area contributed by atoms with Crippen LogP contribution in [0.5, 0.6) is 0 Å². The van der Waals surface area contributed by atoms with Gasteiger partial charge in [0.2, 0.25) is 0 Å². The van der Waals surface area contributed by atoms with Crippen LogP contribution in [0.2, 0.25) is 0 Å². The molecule has 0 spiro atoms. The van der Waals surface area contributed by atoms with Gasteiger partial charge < -0.3 is 10.4 Å². The van der Waals surface area contributed by atoms with E-state index in [0.29, 0.717) is 6.54 Å². The summed E-state index contributed by atoms with van der Waals surface area (Å²) in [5, 5.41) is 11.3. The van der Waals surface area contributed by atoms with Gasteiger partial charge >= 0.3 is 5.97 Å². The Morgan fingerprint density at radius 2 is 2.50 bits per heavy atom. The van der Waals surface area contributed by atoms with Crippen LogP contribution in [0.1, 0.15) is 6.42 Å². The van der Waals surface area contributed by atoms with Crippen LogP contribution < -0.4 is 5.32 Å². The van der Waals surface area contributed by atoms with Gasteiger partial charge in [0.1, 0.15) is 0 Å². The number of rotatable bonds is 5. The first-order valence-corrected chi connectivity index (χ1v) is 4.80. The molecule has 60 valence electrons. The molecular weight excluding hydrogens is 170 g/mol. The lowest BCUT2D eigenvalue weighted by atomic mass is 10.3. The molecule has 0 aliphatic carbocycles. The monoisotopic (exact) mass is 181 g/mol. The second-order valence-corrected chi connectivity index (χ2v) is 3.39. The van der Waals surface area contributed by atoms with Crippen LogP contribution in [0.25, 0.3) is 0 Å². The molecule has 0 aliphatic rings. The van der Waals surface area contributed by atoms with E-state index in [1.807, 2.05) is 0 Å². The summed E-state index contributed by atoms with van der Waals surface area (Å²) < 4.78 is 0. The molecule has 0 saturated carbocycles. The number of carboxylic acids is 1. The predicted octanol–water partition coefficient (Wildman–Crippen LogP) is 0.627. The molecule has 0 saturated heterocycles. The fourth-order valence-electron chi connectivity index (χ4n) is 0.569. The molecule has 0 aromatic rings. The minimum atomic E-state index is -0.776. The van der Waals surface area contributed by atoms with Crippen LogP contribution in [0, 0.1) is 0 Å². The highest BCUT2D eigenvalue weighted by atomic mass is 33.1. The van der Waals surface area contributed by atoms with Crippen LogP contribution in [-0.4, -0.2) is 29.9 Å². The Hall–Kier alpha value is 0.130. The zero-order valence-electron chi connectivity index (χ0n) is 5.70. The van der Waals surface area contributed by atoms with Gasteiger partial charge in [-0.05, 0) is 7.05 Å². The van der Waals surface area contributed by atoms with Crippen molar-refractivity contribution in [2.45, 2.75) is 11.7 Å². The molecule has 5 heteroatoms. The molecule has 0 aromatic carbocycles. The summed E-state index contributed by atoms with van der Waals surface area (Å²) >= 11 is 3.94. The second kappa shape index (κ2) is 5.88. The smallest absolute Gasteiger partial charge is 0.304 e. The molecule has 0 heterocycles. The van der Waals surface area contributed by atoms with E-state index >= 15 is 0 Å². The Kier molecular flexibility index (Phi) is 5.96. The van der Waals surface area contributed by atoms with Crippen molar-refractivity contribution in [3.63, 3.8) is 0 Å². The summed E-state index contributed by atoms with van der Waals surface area (Å²) in [5.41, 5.74) is 0. The number of aliphatic carboxylic acids is 1. The standard InChI is InChI=1S/C5H11NO2S2/c1-6-3-4(10-9)2-5(7)8/h4,6,9H,2-3H2,1H3,(H,7,8). The maximum Gasteiger partial charge on any atom is 0.304 e. The Labute approximate surface area is 69.4 Å². The maximum absolute atomic E-state index is 10.2. The van der Waals surface area contributed by atoms with Crippen molar-refractivity contribution >= 4 is 28.4 Å². The van der Waals surface area contributed by atoms with Gasteiger partial charge in [0.15, 0.2) is 0 Å². The van der Waals surface area contributed by atoms with Crippen molar-refractivity contribution in [3.8, 4) is 0 Å². The molecule has 0 aliphatic heterocycles. The van der Waals surface area contributed by atoms with Crippen molar-refractivity contribution in [2.24, 2.45) is 0 Å². The van der Waals surface area contributed by atoms with Gasteiger partial charge in [-0.3, -0.25) is 4.79 Å². The van der Waals surface area contributed by atoms with Crippen LogP contribution >= 0.6 is 22.5 Å². The molecular formula is C5H11NO2S2. The SMILES string of the molecule is CNCC(CC(=O)O)SS. The summed E-state index contributed by atoms with van der Waals surface area (Å²) in [6, 6.07) is 0. The maximum atomic E-state index is 10.2. The fraction of sp³-hybridized carbons (Fsp3) is 0.800. The Morgan fingerprint density at radius 3 is 2.80 bits per heavy atom. The van der Waals surface area contributed by atoms with Crippen molar-refractivity contribution in [1.29, 1.82) is 0 Å². The van der Waals surface area contributed by atoms with E-state index in [0.717, 1.165) is 0 Å². The Balaban J connectivity index is 3.49. The van der Waals surface area contributed by atoms with Crippen molar-refractivity contribution in [3.05, 3.63) is 0 Å². The Morgan fingerprint density at radius 1 is 1.90 bits per heavy atom. The zero-order valence-corrected chi connectivity index (χ0v) is 7.41. The Bertz CT molecular complexity index is 110. The van der Waals surface area contributed by atoms with E-state index in [4.69, 9.17) is 5.11 Å². The molecule has 10 heavy (non-hydrogen) atoms. The van der Waals surface area contributed by atoms with E-state index in [1.165, 1.54) is 10.8 Å². The van der Waals surface area contributed by atoms with Crippen molar-refractivity contribution in [1.82, 2.24) is 5.32 Å². The number of carbonyl (C=O) groups is 1. The van der Waals surface area contributed by atoms with E-state index in [2.05, 4.69) is 17.0 Å². The van der Waals surface area contributed by atoms with Gasteiger partial charge in [-0.2, -0.15) is 0 Å². The van der Waals surface area contributed by atoms with Gasteiger partial charge in [0.25, 0.3) is 0 Å². The quantitative estimate of drug-likeness (QED) is 0.430. The summed E-state index contributed by atoms with van der Waals surface area (Å²) in [7, 11) is 3.06. The third kappa shape index (κ3) is 4.96. The van der Waals surface area contributed by atoms with E-state index in [1.54, 1.807) is 7.05 Å². The third-order valence-corrected chi connectivity index (χ3v) is 2.51. The second-order valence-electron chi connectivity index (χ2n) is 1.88. The van der Waals surface area contributed by atoms with Gasteiger partial charge in [0, 0.05) is 11.8 Å². The van der Waals surface area contributed by atoms with Gasteiger partial charge in [-0.25, -0.2) is 0 Å². The highest BCUT2D eigenvalue weighted by molar-refractivity contribution is 8.68. The highest BCUT2D eigenvalue weighted by Gasteiger charge is 2.10. The number of nitrogens with one attached hydrogen (secondary N) is 1. The normalized spacial score (nSPS) is 13.0. The highest BCUT2D eigenvalue weighted by Crippen LogP contribution is 2.17. The molecule has 0 bridgehead atoms. The molecule has 0 rings (SSSR count). The molecule has 0 amide bonds. The molecule has 2 N–H and O–H groups in total. The van der Waals surface area contributed by atoms with Crippen molar-refractivity contribution < 1.29 is 9.90 Å². The van der Waals surface area contributed by atoms with Crippen LogP contribution in [0.4, 0.5) is 0 Å². The summed E-state index contributed by atoms with van der Waals surface area (Å²) in [4.78, 5) is 10.2. The van der Waals surface area contributed by atoms with E-state index < -0.39 is 5.97 Å². The first-order valence-electron chi connectivity index (χ1n) is 2.87. The largest absolute Gasteiger partial charge is 0.481 e. The van der Waals surface area contributed by atoms with Gasteiger partial charge in [-0.15, -0.1) is 11.7 Å². The number of hydrogen-bond acceptors (Lipinski definition) is 4. The lowest BCUT2D eigenvalue weighted by Crippen LogP contribution is -2.22. The lowest BCUT2D eigenvalue weighted by Gasteiger charge is -2.08. The zero-order chi connectivity index (χ0) is 7.98. The average Bonchev–Trinajstić information content (AvgIpc) is 1.86. The minimum Gasteiger partial charge on any atom is -0.481 e. The molecule has 0 aromatic heterocycles. The predicted molar refractivity (Wildman–Crippen MR) is 46.5 cm³/mol. The topological polar surface area (TPSA) is 49.3 Å². The molecule has 1 unspecified atom stereocenters. The minimum absolute atomic E-state index is 0.0610. The third-order valence-electron chi connectivity index (χ3n) is 0.983. The molecule has 0 fully saturated rings. The summed E-state index contributed by atoms with van der Waals surface area (Å²) in [6.45, 7) is 0.681. The average molecular weight is 181 g/mol.